The molecule has 1 saturated heterocycles. The highest BCUT2D eigenvalue weighted by molar-refractivity contribution is 6.31. The van der Waals surface area contributed by atoms with Gasteiger partial charge < -0.3 is 16.0 Å². The van der Waals surface area contributed by atoms with Crippen molar-refractivity contribution >= 4 is 34.2 Å². The number of nitrogens with zero attached hydrogens (tertiary/aromatic N) is 3. The fraction of sp³-hybridized carbons (Fsp3) is 0.250. The Balaban J connectivity index is 1.75. The lowest BCUT2D eigenvalue weighted by molar-refractivity contribution is 0.100. The van der Waals surface area contributed by atoms with E-state index < -0.39 is 5.91 Å². The maximum atomic E-state index is 13.9. The monoisotopic (exact) mass is 399 g/mol. The molecule has 0 unspecified atom stereocenters. The number of amides is 1. The van der Waals surface area contributed by atoms with Gasteiger partial charge in [-0.15, -0.1) is 0 Å². The molecule has 1 amide bonds. The lowest BCUT2D eigenvalue weighted by Crippen LogP contribution is -2.41. The van der Waals surface area contributed by atoms with Gasteiger partial charge in [-0.1, -0.05) is 17.7 Å². The van der Waals surface area contributed by atoms with Gasteiger partial charge in [0, 0.05) is 17.0 Å². The molecule has 3 aromatic rings. The van der Waals surface area contributed by atoms with Crippen LogP contribution >= 0.6 is 11.6 Å². The molecule has 28 heavy (non-hydrogen) atoms. The van der Waals surface area contributed by atoms with Crippen LogP contribution in [0.25, 0.3) is 10.9 Å². The largest absolute Gasteiger partial charge is 0.366 e. The first kappa shape index (κ1) is 18.6. The molecule has 1 atom stereocenters. The van der Waals surface area contributed by atoms with Gasteiger partial charge >= 0.3 is 0 Å². The Labute approximate surface area is 166 Å². The Morgan fingerprint density at radius 1 is 1.29 bits per heavy atom. The molecule has 0 saturated carbocycles. The van der Waals surface area contributed by atoms with Gasteiger partial charge in [-0.2, -0.15) is 0 Å². The summed E-state index contributed by atoms with van der Waals surface area (Å²) in [6, 6.07) is 9.24. The molecule has 4 rings (SSSR count). The SMILES string of the molecule is NC(=O)c1cccc2c(N[C@H](CN3CCC3)c3cc(F)ccc3Cl)ncnc12. The highest BCUT2D eigenvalue weighted by atomic mass is 35.5. The molecule has 0 bridgehead atoms. The van der Waals surface area contributed by atoms with Crippen LogP contribution in [0.15, 0.2) is 42.7 Å². The fourth-order valence-corrected chi connectivity index (χ4v) is 3.64. The van der Waals surface area contributed by atoms with Crippen LogP contribution < -0.4 is 11.1 Å². The summed E-state index contributed by atoms with van der Waals surface area (Å²) >= 11 is 6.37. The Morgan fingerprint density at radius 2 is 2.11 bits per heavy atom. The van der Waals surface area contributed by atoms with Gasteiger partial charge in [-0.25, -0.2) is 14.4 Å². The minimum Gasteiger partial charge on any atom is -0.366 e. The predicted molar refractivity (Wildman–Crippen MR) is 107 cm³/mol. The molecule has 1 aromatic heterocycles. The first-order chi connectivity index (χ1) is 13.5. The van der Waals surface area contributed by atoms with E-state index in [1.807, 2.05) is 6.07 Å². The number of primary amides is 1. The van der Waals surface area contributed by atoms with Crippen molar-refractivity contribution in [2.24, 2.45) is 5.73 Å². The molecular weight excluding hydrogens is 381 g/mol. The zero-order valence-electron chi connectivity index (χ0n) is 15.0. The van der Waals surface area contributed by atoms with Crippen LogP contribution in [0, 0.1) is 5.82 Å². The Hall–Kier alpha value is -2.77. The van der Waals surface area contributed by atoms with E-state index in [1.165, 1.54) is 18.5 Å². The van der Waals surface area contributed by atoms with Gasteiger partial charge in [0.25, 0.3) is 5.91 Å². The first-order valence-corrected chi connectivity index (χ1v) is 9.38. The summed E-state index contributed by atoms with van der Waals surface area (Å²) in [5.74, 6) is -0.363. The van der Waals surface area contributed by atoms with Crippen LogP contribution in [0.5, 0.6) is 0 Å². The van der Waals surface area contributed by atoms with Crippen molar-refractivity contribution in [1.82, 2.24) is 14.9 Å². The Bertz CT molecular complexity index is 1040. The lowest BCUT2D eigenvalue weighted by Gasteiger charge is -2.35. The van der Waals surface area contributed by atoms with Crippen molar-refractivity contribution in [3.8, 4) is 0 Å². The molecule has 0 aliphatic carbocycles. The van der Waals surface area contributed by atoms with Gasteiger partial charge in [0.1, 0.15) is 18.0 Å². The molecule has 2 heterocycles. The van der Waals surface area contributed by atoms with Gasteiger partial charge in [-0.3, -0.25) is 4.79 Å². The van der Waals surface area contributed by atoms with Crippen LogP contribution in [-0.2, 0) is 0 Å². The number of para-hydroxylation sites is 1. The molecule has 8 heteroatoms. The van der Waals surface area contributed by atoms with Crippen molar-refractivity contribution in [2.45, 2.75) is 12.5 Å². The highest BCUT2D eigenvalue weighted by Crippen LogP contribution is 2.31. The molecule has 0 spiro atoms. The molecule has 1 aliphatic heterocycles. The number of hydrogen-bond acceptors (Lipinski definition) is 5. The van der Waals surface area contributed by atoms with E-state index in [0.29, 0.717) is 39.4 Å². The van der Waals surface area contributed by atoms with E-state index >= 15 is 0 Å². The van der Waals surface area contributed by atoms with Gasteiger partial charge in [0.2, 0.25) is 0 Å². The van der Waals surface area contributed by atoms with E-state index in [1.54, 1.807) is 18.2 Å². The molecule has 144 valence electrons. The van der Waals surface area contributed by atoms with E-state index in [2.05, 4.69) is 20.2 Å². The number of fused-ring (bicyclic) bond motifs is 1. The number of nitrogens with one attached hydrogen (secondary N) is 1. The second-order valence-electron chi connectivity index (χ2n) is 6.81. The smallest absolute Gasteiger partial charge is 0.250 e. The molecule has 1 aliphatic rings. The summed E-state index contributed by atoms with van der Waals surface area (Å²) < 4.78 is 13.9. The molecule has 0 radical (unpaired) electrons. The fourth-order valence-electron chi connectivity index (χ4n) is 3.39. The summed E-state index contributed by atoms with van der Waals surface area (Å²) in [7, 11) is 0. The zero-order valence-corrected chi connectivity index (χ0v) is 15.8. The van der Waals surface area contributed by atoms with Crippen LogP contribution in [-0.4, -0.2) is 40.4 Å². The number of halogens is 2. The molecular formula is C20H19ClFN5O. The number of likely N-dealkylation sites (tertiary alicyclic amines) is 1. The third-order valence-corrected chi connectivity index (χ3v) is 5.31. The number of nitrogens with two attached hydrogens (primary N) is 1. The lowest BCUT2D eigenvalue weighted by atomic mass is 10.0. The van der Waals surface area contributed by atoms with Gasteiger partial charge in [0.05, 0.1) is 17.1 Å². The summed E-state index contributed by atoms with van der Waals surface area (Å²) in [5, 5.41) is 4.52. The maximum absolute atomic E-state index is 13.9. The van der Waals surface area contributed by atoms with Crippen molar-refractivity contribution < 1.29 is 9.18 Å². The van der Waals surface area contributed by atoms with Crippen molar-refractivity contribution in [3.63, 3.8) is 0 Å². The first-order valence-electron chi connectivity index (χ1n) is 9.00. The number of carbonyl (C=O) groups is 1. The number of hydrogen-bond donors (Lipinski definition) is 2. The summed E-state index contributed by atoms with van der Waals surface area (Å²) in [5.41, 5.74) is 6.92. The minimum absolute atomic E-state index is 0.279. The second-order valence-corrected chi connectivity index (χ2v) is 7.21. The topological polar surface area (TPSA) is 84.1 Å². The van der Waals surface area contributed by atoms with Crippen LogP contribution in [0.2, 0.25) is 5.02 Å². The average Bonchev–Trinajstić information content (AvgIpc) is 2.65. The number of benzene rings is 2. The van der Waals surface area contributed by atoms with E-state index in [0.717, 1.165) is 19.5 Å². The number of anilines is 1. The Morgan fingerprint density at radius 3 is 2.82 bits per heavy atom. The molecule has 2 aromatic carbocycles. The molecule has 3 N–H and O–H groups in total. The number of carbonyl (C=O) groups excluding carboxylic acids is 1. The van der Waals surface area contributed by atoms with E-state index in [4.69, 9.17) is 17.3 Å². The second kappa shape index (κ2) is 7.69. The van der Waals surface area contributed by atoms with Gasteiger partial charge in [-0.05, 0) is 55.4 Å². The van der Waals surface area contributed by atoms with Crippen molar-refractivity contribution in [1.29, 1.82) is 0 Å². The number of rotatable bonds is 6. The summed E-state index contributed by atoms with van der Waals surface area (Å²) in [4.78, 5) is 22.5. The van der Waals surface area contributed by atoms with Crippen molar-refractivity contribution in [2.75, 3.05) is 25.0 Å². The van der Waals surface area contributed by atoms with E-state index in [-0.39, 0.29) is 11.9 Å². The summed E-state index contributed by atoms with van der Waals surface area (Å²) in [6.45, 7) is 2.63. The third kappa shape index (κ3) is 3.63. The Kier molecular flexibility index (Phi) is 5.11. The van der Waals surface area contributed by atoms with Crippen LogP contribution in [0.1, 0.15) is 28.4 Å². The quantitative estimate of drug-likeness (QED) is 0.663. The maximum Gasteiger partial charge on any atom is 0.250 e. The van der Waals surface area contributed by atoms with Gasteiger partial charge in [0.15, 0.2) is 0 Å². The minimum atomic E-state index is -0.555. The third-order valence-electron chi connectivity index (χ3n) is 4.96. The van der Waals surface area contributed by atoms with Crippen molar-refractivity contribution in [3.05, 3.63) is 64.7 Å². The average molecular weight is 400 g/mol. The van der Waals surface area contributed by atoms with Crippen LogP contribution in [0.3, 0.4) is 0 Å². The number of aromatic nitrogens is 2. The molecule has 1 fully saturated rings. The highest BCUT2D eigenvalue weighted by Gasteiger charge is 2.24. The standard InChI is InChI=1S/C20H19ClFN5O/c21-16-6-5-12(22)9-15(16)17(10-27-7-2-8-27)26-20-14-4-1-3-13(19(23)28)18(14)24-11-25-20/h1,3-6,9,11,17H,2,7-8,10H2,(H2,23,28)(H,24,25,26)/t17-/m1/s1. The molecule has 6 nitrogen and oxygen atoms in total. The summed E-state index contributed by atoms with van der Waals surface area (Å²) in [6.07, 6.45) is 2.52. The van der Waals surface area contributed by atoms with E-state index in [9.17, 15) is 9.18 Å². The zero-order chi connectivity index (χ0) is 19.7. The van der Waals surface area contributed by atoms with Crippen LogP contribution in [0.4, 0.5) is 10.2 Å². The normalized spacial score (nSPS) is 15.2. The predicted octanol–water partition coefficient (Wildman–Crippen LogP) is 3.38.